The highest BCUT2D eigenvalue weighted by Crippen LogP contribution is 2.36. The Hall–Kier alpha value is -4.39. The summed E-state index contributed by atoms with van der Waals surface area (Å²) in [5.41, 5.74) is 3.71. The van der Waals surface area contributed by atoms with E-state index in [0.717, 1.165) is 21.6 Å². The number of carboxylic acids is 1. The van der Waals surface area contributed by atoms with Crippen LogP contribution in [0.3, 0.4) is 0 Å². The van der Waals surface area contributed by atoms with Gasteiger partial charge in [-0.15, -0.1) is 23.1 Å². The maximum absolute atomic E-state index is 13.2. The molecule has 0 bridgehead atoms. The summed E-state index contributed by atoms with van der Waals surface area (Å²) < 4.78 is 0. The second kappa shape index (κ2) is 12.4. The number of hydrogen-bond acceptors (Lipinski definition) is 6. The lowest BCUT2D eigenvalue weighted by molar-refractivity contribution is -0.115. The van der Waals surface area contributed by atoms with Gasteiger partial charge >= 0.3 is 5.97 Å². The lowest BCUT2D eigenvalue weighted by Gasteiger charge is -2.15. The monoisotopic (exact) mass is 555 g/mol. The summed E-state index contributed by atoms with van der Waals surface area (Å²) in [7, 11) is 0. The van der Waals surface area contributed by atoms with Crippen LogP contribution in [0.15, 0.2) is 83.1 Å². The Labute approximate surface area is 234 Å². The predicted molar refractivity (Wildman–Crippen MR) is 156 cm³/mol. The number of anilines is 2. The van der Waals surface area contributed by atoms with Crippen LogP contribution in [0, 0.1) is 18.3 Å². The van der Waals surface area contributed by atoms with Gasteiger partial charge < -0.3 is 15.7 Å². The van der Waals surface area contributed by atoms with Crippen molar-refractivity contribution < 1.29 is 19.5 Å². The Kier molecular flexibility index (Phi) is 8.81. The van der Waals surface area contributed by atoms with Gasteiger partial charge in [0.1, 0.15) is 11.1 Å². The van der Waals surface area contributed by atoms with E-state index in [-0.39, 0.29) is 17.0 Å². The molecule has 1 aromatic heterocycles. The molecule has 0 saturated heterocycles. The van der Waals surface area contributed by atoms with Crippen molar-refractivity contribution in [2.24, 2.45) is 0 Å². The van der Waals surface area contributed by atoms with Crippen LogP contribution in [-0.2, 0) is 4.79 Å². The van der Waals surface area contributed by atoms with E-state index in [9.17, 15) is 24.8 Å². The van der Waals surface area contributed by atoms with E-state index < -0.39 is 17.1 Å². The number of thiophene rings is 1. The molecule has 4 aromatic rings. The number of amides is 2. The number of nitrogens with zero attached hydrogens (tertiary/aromatic N) is 1. The van der Waals surface area contributed by atoms with Crippen LogP contribution in [0.5, 0.6) is 0 Å². The van der Waals surface area contributed by atoms with Gasteiger partial charge in [0.15, 0.2) is 0 Å². The predicted octanol–water partition coefficient (Wildman–Crippen LogP) is 7.06. The van der Waals surface area contributed by atoms with E-state index in [2.05, 4.69) is 16.7 Å². The van der Waals surface area contributed by atoms with Crippen LogP contribution >= 0.6 is 23.1 Å². The molecule has 0 aliphatic heterocycles. The third-order valence-corrected chi connectivity index (χ3v) is 8.19. The molecule has 39 heavy (non-hydrogen) atoms. The standard InChI is InChI=1S/C30H25N3O4S2/c1-3-26(28(35)33-29-24(16-31)25(17-38-29)19-13-11-18(2)12-14-19)39-21-8-6-7-20(15-21)32-27(34)22-9-4-5-10-23(22)30(36)37/h4-15,17,26H,3H2,1-2H3,(H,32,34)(H,33,35)(H,36,37). The summed E-state index contributed by atoms with van der Waals surface area (Å²) in [6.45, 7) is 3.90. The van der Waals surface area contributed by atoms with Gasteiger partial charge in [0, 0.05) is 21.5 Å². The molecule has 3 N–H and O–H groups in total. The van der Waals surface area contributed by atoms with Gasteiger partial charge in [0.2, 0.25) is 5.91 Å². The lowest BCUT2D eigenvalue weighted by Crippen LogP contribution is -2.24. The zero-order valence-electron chi connectivity index (χ0n) is 21.2. The number of benzene rings is 3. The summed E-state index contributed by atoms with van der Waals surface area (Å²) in [6, 6.07) is 23.1. The SMILES string of the molecule is CCC(Sc1cccc(NC(=O)c2ccccc2C(=O)O)c1)C(=O)Nc1scc(-c2ccc(C)cc2)c1C#N. The molecule has 2 amide bonds. The fourth-order valence-corrected chi connectivity index (χ4v) is 5.83. The number of thioether (sulfide) groups is 1. The van der Waals surface area contributed by atoms with Crippen LogP contribution < -0.4 is 10.6 Å². The quantitative estimate of drug-likeness (QED) is 0.190. The van der Waals surface area contributed by atoms with Crippen molar-refractivity contribution >= 4 is 51.6 Å². The van der Waals surface area contributed by atoms with Gasteiger partial charge in [-0.25, -0.2) is 4.79 Å². The molecule has 3 aromatic carbocycles. The van der Waals surface area contributed by atoms with E-state index in [1.807, 2.05) is 49.6 Å². The van der Waals surface area contributed by atoms with Crippen molar-refractivity contribution in [2.75, 3.05) is 10.6 Å². The molecule has 0 aliphatic rings. The van der Waals surface area contributed by atoms with E-state index >= 15 is 0 Å². The molecule has 4 rings (SSSR count). The van der Waals surface area contributed by atoms with E-state index in [1.165, 1.54) is 35.2 Å². The van der Waals surface area contributed by atoms with E-state index in [0.29, 0.717) is 22.7 Å². The Bertz CT molecular complexity index is 1570. The van der Waals surface area contributed by atoms with E-state index in [4.69, 9.17) is 0 Å². The first-order chi connectivity index (χ1) is 18.8. The first-order valence-corrected chi connectivity index (χ1v) is 13.9. The fourth-order valence-electron chi connectivity index (χ4n) is 3.90. The van der Waals surface area contributed by atoms with Crippen LogP contribution in [-0.4, -0.2) is 28.1 Å². The number of nitrogens with one attached hydrogen (secondary N) is 2. The normalized spacial score (nSPS) is 11.3. The van der Waals surface area contributed by atoms with Crippen molar-refractivity contribution in [1.29, 1.82) is 5.26 Å². The number of aryl methyl sites for hydroxylation is 1. The number of carboxylic acid groups (broad SMARTS) is 1. The molecule has 0 spiro atoms. The Morgan fingerprint density at radius 1 is 1.00 bits per heavy atom. The van der Waals surface area contributed by atoms with E-state index in [1.54, 1.807) is 30.3 Å². The highest BCUT2D eigenvalue weighted by atomic mass is 32.2. The highest BCUT2D eigenvalue weighted by molar-refractivity contribution is 8.00. The van der Waals surface area contributed by atoms with Crippen molar-refractivity contribution in [3.63, 3.8) is 0 Å². The minimum absolute atomic E-state index is 0.0584. The zero-order valence-corrected chi connectivity index (χ0v) is 22.9. The number of rotatable bonds is 9. The maximum atomic E-state index is 13.2. The Morgan fingerprint density at radius 2 is 1.72 bits per heavy atom. The smallest absolute Gasteiger partial charge is 0.336 e. The minimum Gasteiger partial charge on any atom is -0.478 e. The third-order valence-electron chi connectivity index (χ3n) is 5.94. The summed E-state index contributed by atoms with van der Waals surface area (Å²) in [4.78, 5) is 38.2. The molecular formula is C30H25N3O4S2. The van der Waals surface area contributed by atoms with Crippen LogP contribution in [0.1, 0.15) is 45.2 Å². The first-order valence-electron chi connectivity index (χ1n) is 12.1. The minimum atomic E-state index is -1.18. The molecule has 1 atom stereocenters. The van der Waals surface area contributed by atoms with Crippen molar-refractivity contribution in [3.05, 3.63) is 100 Å². The largest absolute Gasteiger partial charge is 0.478 e. The summed E-state index contributed by atoms with van der Waals surface area (Å²) in [5.74, 6) is -1.94. The number of aromatic carboxylic acids is 1. The number of carbonyl (C=O) groups excluding carboxylic acids is 2. The average molecular weight is 556 g/mol. The van der Waals surface area contributed by atoms with Crippen molar-refractivity contribution in [1.82, 2.24) is 0 Å². The van der Waals surface area contributed by atoms with Gasteiger partial charge in [0.05, 0.1) is 21.9 Å². The third kappa shape index (κ3) is 6.55. The summed E-state index contributed by atoms with van der Waals surface area (Å²) in [5, 5.41) is 26.8. The lowest BCUT2D eigenvalue weighted by atomic mass is 10.0. The van der Waals surface area contributed by atoms with Crippen LogP contribution in [0.25, 0.3) is 11.1 Å². The maximum Gasteiger partial charge on any atom is 0.336 e. The highest BCUT2D eigenvalue weighted by Gasteiger charge is 2.22. The van der Waals surface area contributed by atoms with Gasteiger partial charge in [-0.1, -0.05) is 55.0 Å². The first kappa shape index (κ1) is 27.6. The summed E-state index contributed by atoms with van der Waals surface area (Å²) in [6.07, 6.45) is 0.539. The molecule has 0 radical (unpaired) electrons. The Morgan fingerprint density at radius 3 is 2.38 bits per heavy atom. The fraction of sp³-hybridized carbons (Fsp3) is 0.133. The van der Waals surface area contributed by atoms with Crippen LogP contribution in [0.2, 0.25) is 0 Å². The van der Waals surface area contributed by atoms with Gasteiger partial charge in [-0.05, 0) is 49.2 Å². The number of nitriles is 1. The van der Waals surface area contributed by atoms with Gasteiger partial charge in [-0.2, -0.15) is 5.26 Å². The molecule has 7 nitrogen and oxygen atoms in total. The second-order valence-electron chi connectivity index (χ2n) is 8.67. The molecule has 0 fully saturated rings. The number of hydrogen-bond donors (Lipinski definition) is 3. The number of carbonyl (C=O) groups is 3. The van der Waals surface area contributed by atoms with Crippen molar-refractivity contribution in [3.8, 4) is 17.2 Å². The molecule has 1 unspecified atom stereocenters. The zero-order chi connectivity index (χ0) is 27.9. The van der Waals surface area contributed by atoms with Gasteiger partial charge in [-0.3, -0.25) is 9.59 Å². The average Bonchev–Trinajstić information content (AvgIpc) is 3.34. The molecule has 0 aliphatic carbocycles. The van der Waals surface area contributed by atoms with Crippen LogP contribution in [0.4, 0.5) is 10.7 Å². The molecule has 0 saturated carbocycles. The van der Waals surface area contributed by atoms with Crippen molar-refractivity contribution in [2.45, 2.75) is 30.4 Å². The molecular weight excluding hydrogens is 530 g/mol. The Balaban J connectivity index is 1.47. The topological polar surface area (TPSA) is 119 Å². The summed E-state index contributed by atoms with van der Waals surface area (Å²) >= 11 is 2.66. The second-order valence-corrected chi connectivity index (χ2v) is 10.8. The van der Waals surface area contributed by atoms with Gasteiger partial charge in [0.25, 0.3) is 5.91 Å². The molecule has 1 heterocycles. The molecule has 196 valence electrons. The molecule has 9 heteroatoms.